The summed E-state index contributed by atoms with van der Waals surface area (Å²) in [5.74, 6) is 1.42. The highest BCUT2D eigenvalue weighted by molar-refractivity contribution is 6.04. The van der Waals surface area contributed by atoms with Crippen molar-refractivity contribution in [3.63, 3.8) is 0 Å². The molecule has 0 spiro atoms. The van der Waals surface area contributed by atoms with E-state index < -0.39 is 0 Å². The molecule has 6 nitrogen and oxygen atoms in total. The van der Waals surface area contributed by atoms with Crippen molar-refractivity contribution in [3.05, 3.63) is 84.4 Å². The Morgan fingerprint density at radius 1 is 0.781 bits per heavy atom. The Morgan fingerprint density at radius 2 is 1.44 bits per heavy atom. The second-order valence-electron chi connectivity index (χ2n) is 7.74. The topological polar surface area (TPSA) is 76.7 Å². The number of para-hydroxylation sites is 1. The van der Waals surface area contributed by atoms with E-state index in [1.807, 2.05) is 18.2 Å². The molecular weight excluding hydrogens is 404 g/mol. The van der Waals surface area contributed by atoms with Crippen LogP contribution >= 0.6 is 0 Å². The predicted octanol–water partition coefficient (Wildman–Crippen LogP) is 5.38. The number of benzene rings is 3. The molecule has 3 aromatic rings. The van der Waals surface area contributed by atoms with Gasteiger partial charge in [-0.05, 0) is 66.9 Å². The molecule has 0 unspecified atom stereocenters. The van der Waals surface area contributed by atoms with Gasteiger partial charge < -0.3 is 20.1 Å². The standard InChI is InChI=1S/C26H28N2O4/c1-19(2)15-16-31-24-13-11-20(12-14-24)26(30)28-22-8-6-7-21(17-22)27-25(29)18-32-23-9-4-3-5-10-23/h3-14,17,19H,15-16,18H2,1-2H3,(H,27,29)(H,28,30). The van der Waals surface area contributed by atoms with E-state index in [-0.39, 0.29) is 18.4 Å². The lowest BCUT2D eigenvalue weighted by Gasteiger charge is -2.11. The van der Waals surface area contributed by atoms with Crippen LogP contribution in [0.25, 0.3) is 0 Å². The van der Waals surface area contributed by atoms with E-state index in [0.717, 1.165) is 12.2 Å². The van der Waals surface area contributed by atoms with E-state index in [1.54, 1.807) is 60.7 Å². The molecular formula is C26H28N2O4. The highest BCUT2D eigenvalue weighted by Crippen LogP contribution is 2.18. The summed E-state index contributed by atoms with van der Waals surface area (Å²) < 4.78 is 11.1. The van der Waals surface area contributed by atoms with Crippen molar-refractivity contribution in [1.82, 2.24) is 0 Å². The lowest BCUT2D eigenvalue weighted by Crippen LogP contribution is -2.20. The third kappa shape index (κ3) is 7.47. The molecule has 2 amide bonds. The number of rotatable bonds is 10. The van der Waals surface area contributed by atoms with E-state index >= 15 is 0 Å². The van der Waals surface area contributed by atoms with Crippen molar-refractivity contribution in [2.75, 3.05) is 23.8 Å². The number of hydrogen-bond acceptors (Lipinski definition) is 4. The largest absolute Gasteiger partial charge is 0.494 e. The quantitative estimate of drug-likeness (QED) is 0.451. The molecule has 0 radical (unpaired) electrons. The number of carbonyl (C=O) groups is 2. The summed E-state index contributed by atoms with van der Waals surface area (Å²) in [6.45, 7) is 4.84. The molecule has 0 atom stereocenters. The van der Waals surface area contributed by atoms with Gasteiger partial charge in [-0.1, -0.05) is 38.1 Å². The molecule has 0 saturated heterocycles. The van der Waals surface area contributed by atoms with Crippen molar-refractivity contribution in [2.45, 2.75) is 20.3 Å². The molecule has 0 aliphatic carbocycles. The average Bonchev–Trinajstić information content (AvgIpc) is 2.79. The van der Waals surface area contributed by atoms with Crippen molar-refractivity contribution < 1.29 is 19.1 Å². The normalized spacial score (nSPS) is 10.5. The van der Waals surface area contributed by atoms with Gasteiger partial charge in [-0.25, -0.2) is 0 Å². The molecule has 0 heterocycles. The zero-order valence-corrected chi connectivity index (χ0v) is 18.3. The lowest BCUT2D eigenvalue weighted by molar-refractivity contribution is -0.118. The first-order valence-electron chi connectivity index (χ1n) is 10.6. The van der Waals surface area contributed by atoms with Crippen LogP contribution in [0.1, 0.15) is 30.6 Å². The monoisotopic (exact) mass is 432 g/mol. The molecule has 2 N–H and O–H groups in total. The van der Waals surface area contributed by atoms with Crippen LogP contribution in [0.4, 0.5) is 11.4 Å². The van der Waals surface area contributed by atoms with Gasteiger partial charge in [0.25, 0.3) is 11.8 Å². The molecule has 0 saturated carbocycles. The molecule has 3 aromatic carbocycles. The van der Waals surface area contributed by atoms with Gasteiger partial charge in [-0.15, -0.1) is 0 Å². The minimum absolute atomic E-state index is 0.105. The fraction of sp³-hybridized carbons (Fsp3) is 0.231. The Kier molecular flexibility index (Phi) is 8.26. The molecule has 0 aliphatic rings. The SMILES string of the molecule is CC(C)CCOc1ccc(C(=O)Nc2cccc(NC(=O)COc3ccccc3)c2)cc1. The summed E-state index contributed by atoms with van der Waals surface area (Å²) in [6.07, 6.45) is 0.980. The van der Waals surface area contributed by atoms with E-state index in [4.69, 9.17) is 9.47 Å². The van der Waals surface area contributed by atoms with E-state index in [9.17, 15) is 9.59 Å². The fourth-order valence-corrected chi connectivity index (χ4v) is 2.86. The highest BCUT2D eigenvalue weighted by atomic mass is 16.5. The number of hydrogen-bond donors (Lipinski definition) is 2. The Morgan fingerprint density at radius 3 is 2.12 bits per heavy atom. The number of amides is 2. The third-order valence-electron chi connectivity index (χ3n) is 4.60. The first-order chi connectivity index (χ1) is 15.5. The Bertz CT molecular complexity index is 1020. The summed E-state index contributed by atoms with van der Waals surface area (Å²) >= 11 is 0. The van der Waals surface area contributed by atoms with Crippen LogP contribution < -0.4 is 20.1 Å². The zero-order chi connectivity index (χ0) is 22.8. The minimum Gasteiger partial charge on any atom is -0.494 e. The second kappa shape index (κ2) is 11.6. The number of anilines is 2. The molecule has 0 bridgehead atoms. The van der Waals surface area contributed by atoms with Gasteiger partial charge in [-0.3, -0.25) is 9.59 Å². The third-order valence-corrected chi connectivity index (χ3v) is 4.60. The molecule has 0 aliphatic heterocycles. The van der Waals surface area contributed by atoms with Gasteiger partial charge in [-0.2, -0.15) is 0 Å². The van der Waals surface area contributed by atoms with Crippen LogP contribution in [-0.2, 0) is 4.79 Å². The number of ether oxygens (including phenoxy) is 2. The Labute approximate surface area is 188 Å². The van der Waals surface area contributed by atoms with Crippen molar-refractivity contribution in [3.8, 4) is 11.5 Å². The number of carbonyl (C=O) groups excluding carboxylic acids is 2. The van der Waals surface area contributed by atoms with Crippen LogP contribution in [0.2, 0.25) is 0 Å². The lowest BCUT2D eigenvalue weighted by atomic mass is 10.1. The maximum absolute atomic E-state index is 12.6. The number of nitrogens with one attached hydrogen (secondary N) is 2. The van der Waals surface area contributed by atoms with Crippen molar-refractivity contribution >= 4 is 23.2 Å². The molecule has 32 heavy (non-hydrogen) atoms. The second-order valence-corrected chi connectivity index (χ2v) is 7.74. The average molecular weight is 433 g/mol. The van der Waals surface area contributed by atoms with Crippen molar-refractivity contribution in [2.24, 2.45) is 5.92 Å². The van der Waals surface area contributed by atoms with Gasteiger partial charge in [0.15, 0.2) is 6.61 Å². The summed E-state index contributed by atoms with van der Waals surface area (Å²) in [6, 6.07) is 23.1. The Hall–Kier alpha value is -3.80. The van der Waals surface area contributed by atoms with Gasteiger partial charge in [0.2, 0.25) is 0 Å². The van der Waals surface area contributed by atoms with Gasteiger partial charge in [0.1, 0.15) is 11.5 Å². The van der Waals surface area contributed by atoms with Crippen molar-refractivity contribution in [1.29, 1.82) is 0 Å². The van der Waals surface area contributed by atoms with E-state index in [1.165, 1.54) is 0 Å². The smallest absolute Gasteiger partial charge is 0.262 e. The van der Waals surface area contributed by atoms with Crippen LogP contribution in [0.15, 0.2) is 78.9 Å². The molecule has 3 rings (SSSR count). The van der Waals surface area contributed by atoms with Crippen LogP contribution in [0, 0.1) is 5.92 Å². The zero-order valence-electron chi connectivity index (χ0n) is 18.3. The first kappa shape index (κ1) is 22.9. The van der Waals surface area contributed by atoms with Gasteiger partial charge >= 0.3 is 0 Å². The van der Waals surface area contributed by atoms with E-state index in [2.05, 4.69) is 24.5 Å². The van der Waals surface area contributed by atoms with Gasteiger partial charge in [0.05, 0.1) is 6.61 Å². The van der Waals surface area contributed by atoms with Gasteiger partial charge in [0, 0.05) is 16.9 Å². The van der Waals surface area contributed by atoms with E-state index in [0.29, 0.717) is 35.2 Å². The molecule has 0 fully saturated rings. The maximum Gasteiger partial charge on any atom is 0.262 e. The molecule has 166 valence electrons. The predicted molar refractivity (Wildman–Crippen MR) is 126 cm³/mol. The Balaban J connectivity index is 1.51. The summed E-state index contributed by atoms with van der Waals surface area (Å²) in [5, 5.41) is 5.61. The summed E-state index contributed by atoms with van der Waals surface area (Å²) in [7, 11) is 0. The summed E-state index contributed by atoms with van der Waals surface area (Å²) in [4.78, 5) is 24.7. The van der Waals surface area contributed by atoms with Crippen LogP contribution in [-0.4, -0.2) is 25.0 Å². The first-order valence-corrected chi connectivity index (χ1v) is 10.6. The van der Waals surface area contributed by atoms with Crippen LogP contribution in [0.3, 0.4) is 0 Å². The highest BCUT2D eigenvalue weighted by Gasteiger charge is 2.09. The molecule has 6 heteroatoms. The summed E-state index contributed by atoms with van der Waals surface area (Å²) in [5.41, 5.74) is 1.67. The maximum atomic E-state index is 12.6. The fourth-order valence-electron chi connectivity index (χ4n) is 2.86. The molecule has 0 aromatic heterocycles. The minimum atomic E-state index is -0.287. The van der Waals surface area contributed by atoms with Crippen LogP contribution in [0.5, 0.6) is 11.5 Å².